The number of halogens is 1. The first-order chi connectivity index (χ1) is 16.6. The highest BCUT2D eigenvalue weighted by Gasteiger charge is 2.57. The number of benzene rings is 2. The molecule has 2 aromatic rings. The molecule has 4 rings (SSSR count). The third-order valence-corrected chi connectivity index (χ3v) is 7.05. The monoisotopic (exact) mass is 484 g/mol. The maximum Gasteiger partial charge on any atom is 0.333 e. The number of hydrogen-bond donors (Lipinski definition) is 3. The van der Waals surface area contributed by atoms with Crippen LogP contribution in [0.25, 0.3) is 0 Å². The fourth-order valence-corrected chi connectivity index (χ4v) is 5.29. The molecule has 2 aliphatic rings. The molecule has 3 atom stereocenters. The molecule has 0 fully saturated rings. The Morgan fingerprint density at radius 2 is 1.89 bits per heavy atom. The summed E-state index contributed by atoms with van der Waals surface area (Å²) in [6, 6.07) is 10.7. The lowest BCUT2D eigenvalue weighted by molar-refractivity contribution is -0.153. The van der Waals surface area contributed by atoms with E-state index < -0.39 is 29.3 Å². The van der Waals surface area contributed by atoms with Crippen molar-refractivity contribution in [1.29, 1.82) is 0 Å². The molecule has 0 amide bonds. The minimum absolute atomic E-state index is 0.00409. The van der Waals surface area contributed by atoms with Crippen LogP contribution < -0.4 is 14.8 Å². The van der Waals surface area contributed by atoms with E-state index >= 15 is 0 Å². The average Bonchev–Trinajstić information content (AvgIpc) is 3.28. The van der Waals surface area contributed by atoms with Gasteiger partial charge in [-0.15, -0.1) is 0 Å². The molecule has 2 heterocycles. The fourth-order valence-electron chi connectivity index (χ4n) is 5.29. The van der Waals surface area contributed by atoms with Gasteiger partial charge in [0.05, 0.1) is 5.57 Å². The van der Waals surface area contributed by atoms with E-state index in [4.69, 9.17) is 9.47 Å². The van der Waals surface area contributed by atoms with Gasteiger partial charge in [-0.25, -0.2) is 9.18 Å². The summed E-state index contributed by atoms with van der Waals surface area (Å²) in [5, 5.41) is 24.0. The van der Waals surface area contributed by atoms with Crippen LogP contribution in [0.5, 0.6) is 11.5 Å². The second kappa shape index (κ2) is 9.58. The number of para-hydroxylation sites is 1. The Bertz CT molecular complexity index is 1160. The number of fused-ring (bicyclic) bond motifs is 1. The number of hydrogen-bond acceptors (Lipinski definition) is 6. The van der Waals surface area contributed by atoms with E-state index in [1.807, 2.05) is 11.9 Å². The molecule has 2 aliphatic heterocycles. The summed E-state index contributed by atoms with van der Waals surface area (Å²) in [6.45, 7) is 4.26. The molecular formula is C26H29FN2O6. The molecule has 0 saturated carbocycles. The zero-order chi connectivity index (χ0) is 25.3. The van der Waals surface area contributed by atoms with Crippen molar-refractivity contribution < 1.29 is 33.7 Å². The summed E-state index contributed by atoms with van der Waals surface area (Å²) in [7, 11) is 1.85. The van der Waals surface area contributed by atoms with Crippen LogP contribution in [0.4, 0.5) is 4.39 Å². The number of ether oxygens (including phenoxy) is 2. The van der Waals surface area contributed by atoms with Crippen molar-refractivity contribution in [3.63, 3.8) is 0 Å². The van der Waals surface area contributed by atoms with Gasteiger partial charge in [0.25, 0.3) is 0 Å². The Labute approximate surface area is 203 Å². The minimum Gasteiger partial charge on any atom is -0.481 e. The second-order valence-corrected chi connectivity index (χ2v) is 9.18. The highest BCUT2D eigenvalue weighted by molar-refractivity contribution is 5.93. The van der Waals surface area contributed by atoms with Gasteiger partial charge in [0, 0.05) is 29.8 Å². The Morgan fingerprint density at radius 1 is 1.17 bits per heavy atom. The third-order valence-electron chi connectivity index (χ3n) is 7.05. The van der Waals surface area contributed by atoms with E-state index in [0.29, 0.717) is 35.8 Å². The van der Waals surface area contributed by atoms with Crippen LogP contribution in [0.15, 0.2) is 53.7 Å². The predicted molar refractivity (Wildman–Crippen MR) is 126 cm³/mol. The fraction of sp³-hybridized carbons (Fsp3) is 0.385. The van der Waals surface area contributed by atoms with Crippen LogP contribution in [0, 0.1) is 11.2 Å². The first kappa shape index (κ1) is 24.5. The Balaban J connectivity index is 1.75. The quantitative estimate of drug-likeness (QED) is 0.522. The van der Waals surface area contributed by atoms with Crippen LogP contribution in [0.1, 0.15) is 37.3 Å². The predicted octanol–water partition coefficient (Wildman–Crippen LogP) is 3.58. The number of allylic oxidation sites excluding steroid dienone is 1. The van der Waals surface area contributed by atoms with Crippen LogP contribution in [-0.4, -0.2) is 53.5 Å². The standard InChI is InChI=1S/C26H29FN2O6/c1-15-21(24(30)31)22(19-5-4-6-20-23(19)35-14-34-20)26(25(32)33,16(2)28-15)11-12-29(3)13-17-7-9-18(27)10-8-17/h4-10,16,22,28H,11-14H2,1-3H3,(H,30,31)(H,32,33). The van der Waals surface area contributed by atoms with Crippen LogP contribution in [-0.2, 0) is 16.1 Å². The van der Waals surface area contributed by atoms with Gasteiger partial charge in [0.15, 0.2) is 11.5 Å². The molecule has 0 aliphatic carbocycles. The molecule has 35 heavy (non-hydrogen) atoms. The zero-order valence-electron chi connectivity index (χ0n) is 19.9. The van der Waals surface area contributed by atoms with Gasteiger partial charge in [-0.1, -0.05) is 24.3 Å². The molecule has 0 radical (unpaired) electrons. The molecule has 9 heteroatoms. The molecule has 3 N–H and O–H groups in total. The van der Waals surface area contributed by atoms with E-state index in [-0.39, 0.29) is 24.6 Å². The van der Waals surface area contributed by atoms with Gasteiger partial charge in [-0.3, -0.25) is 4.79 Å². The van der Waals surface area contributed by atoms with Gasteiger partial charge < -0.3 is 29.9 Å². The zero-order valence-corrected chi connectivity index (χ0v) is 19.9. The van der Waals surface area contributed by atoms with Crippen molar-refractivity contribution in [1.82, 2.24) is 10.2 Å². The number of carboxylic acids is 2. The summed E-state index contributed by atoms with van der Waals surface area (Å²) in [6.07, 6.45) is 0.160. The molecule has 8 nitrogen and oxygen atoms in total. The Morgan fingerprint density at radius 3 is 2.54 bits per heavy atom. The molecular weight excluding hydrogens is 455 g/mol. The van der Waals surface area contributed by atoms with Gasteiger partial charge >= 0.3 is 11.9 Å². The molecule has 3 unspecified atom stereocenters. The molecule has 0 saturated heterocycles. The molecule has 0 bridgehead atoms. The smallest absolute Gasteiger partial charge is 0.333 e. The maximum absolute atomic E-state index is 13.3. The molecule has 186 valence electrons. The van der Waals surface area contributed by atoms with Crippen molar-refractivity contribution in [2.45, 2.75) is 38.8 Å². The topological polar surface area (TPSA) is 108 Å². The summed E-state index contributed by atoms with van der Waals surface area (Å²) in [4.78, 5) is 27.5. The normalized spacial score (nSPS) is 23.3. The minimum atomic E-state index is -1.49. The van der Waals surface area contributed by atoms with Crippen LogP contribution in [0.3, 0.4) is 0 Å². The van der Waals surface area contributed by atoms with E-state index in [9.17, 15) is 24.2 Å². The van der Waals surface area contributed by atoms with Crippen molar-refractivity contribution in [3.05, 3.63) is 70.7 Å². The van der Waals surface area contributed by atoms with Crippen molar-refractivity contribution >= 4 is 11.9 Å². The van der Waals surface area contributed by atoms with E-state index in [2.05, 4.69) is 5.32 Å². The van der Waals surface area contributed by atoms with Gasteiger partial charge in [0.1, 0.15) is 11.2 Å². The highest BCUT2D eigenvalue weighted by Crippen LogP contribution is 2.54. The Hall–Kier alpha value is -3.59. The number of rotatable bonds is 8. The van der Waals surface area contributed by atoms with Gasteiger partial charge in [0.2, 0.25) is 6.79 Å². The van der Waals surface area contributed by atoms with Crippen molar-refractivity contribution in [2.75, 3.05) is 20.4 Å². The first-order valence-electron chi connectivity index (χ1n) is 11.4. The molecule has 0 aromatic heterocycles. The lowest BCUT2D eigenvalue weighted by Gasteiger charge is -2.47. The van der Waals surface area contributed by atoms with Crippen LogP contribution in [0.2, 0.25) is 0 Å². The highest BCUT2D eigenvalue weighted by atomic mass is 19.1. The number of aliphatic carboxylic acids is 2. The number of nitrogens with one attached hydrogen (secondary N) is 1. The number of nitrogens with zero attached hydrogens (tertiary/aromatic N) is 1. The van der Waals surface area contributed by atoms with Crippen molar-refractivity contribution in [3.8, 4) is 11.5 Å². The van der Waals surface area contributed by atoms with E-state index in [0.717, 1.165) is 5.56 Å². The first-order valence-corrected chi connectivity index (χ1v) is 11.4. The van der Waals surface area contributed by atoms with E-state index in [1.165, 1.54) is 12.1 Å². The van der Waals surface area contributed by atoms with Gasteiger partial charge in [-0.2, -0.15) is 0 Å². The Kier molecular flexibility index (Phi) is 6.71. The maximum atomic E-state index is 13.3. The lowest BCUT2D eigenvalue weighted by Crippen LogP contribution is -2.57. The second-order valence-electron chi connectivity index (χ2n) is 9.18. The molecule has 0 spiro atoms. The third kappa shape index (κ3) is 4.43. The summed E-state index contributed by atoms with van der Waals surface area (Å²) >= 11 is 0. The van der Waals surface area contributed by atoms with Crippen LogP contribution >= 0.6 is 0 Å². The van der Waals surface area contributed by atoms with Crippen molar-refractivity contribution in [2.24, 2.45) is 5.41 Å². The number of carbonyl (C=O) groups is 2. The lowest BCUT2D eigenvalue weighted by atomic mass is 9.60. The largest absolute Gasteiger partial charge is 0.481 e. The molecule has 2 aromatic carbocycles. The summed E-state index contributed by atoms with van der Waals surface area (Å²) in [5.41, 5.74) is 0.288. The summed E-state index contributed by atoms with van der Waals surface area (Å²) < 4.78 is 24.4. The van der Waals surface area contributed by atoms with E-state index in [1.54, 1.807) is 44.2 Å². The summed E-state index contributed by atoms with van der Waals surface area (Å²) in [5.74, 6) is -2.75. The van der Waals surface area contributed by atoms with Gasteiger partial charge in [-0.05, 0) is 57.6 Å². The SMILES string of the molecule is CC1=C(C(=O)O)C(c2cccc3c2OCO3)C(CCN(C)Cc2ccc(F)cc2)(C(=O)O)C(C)N1. The average molecular weight is 485 g/mol. The number of carboxylic acid groups (broad SMARTS) is 2.